The summed E-state index contributed by atoms with van der Waals surface area (Å²) >= 11 is 0. The number of benzene rings is 1. The van der Waals surface area contributed by atoms with Gasteiger partial charge in [0.15, 0.2) is 0 Å². The summed E-state index contributed by atoms with van der Waals surface area (Å²) in [6, 6.07) is 8.78. The van der Waals surface area contributed by atoms with Crippen LogP contribution in [0.15, 0.2) is 30.8 Å². The van der Waals surface area contributed by atoms with E-state index in [1.807, 2.05) is 0 Å². The van der Waals surface area contributed by atoms with Gasteiger partial charge in [-0.2, -0.15) is 0 Å². The molecule has 1 nitrogen and oxygen atoms in total. The van der Waals surface area contributed by atoms with Crippen LogP contribution in [0.25, 0.3) is 5.57 Å². The third-order valence-electron chi connectivity index (χ3n) is 3.08. The molecule has 80 valence electrons. The highest BCUT2D eigenvalue weighted by molar-refractivity contribution is 5.64. The Balaban J connectivity index is 2.11. The van der Waals surface area contributed by atoms with Gasteiger partial charge in [0, 0.05) is 18.8 Å². The highest BCUT2D eigenvalue weighted by atomic mass is 15.1. The van der Waals surface area contributed by atoms with E-state index in [4.69, 9.17) is 0 Å². The highest BCUT2D eigenvalue weighted by Crippen LogP contribution is 2.21. The minimum absolute atomic E-state index is 1.14. The smallest absolute Gasteiger partial charge is 0.0366 e. The summed E-state index contributed by atoms with van der Waals surface area (Å²) in [4.78, 5) is 2.48. The van der Waals surface area contributed by atoms with Crippen LogP contribution in [-0.4, -0.2) is 13.1 Å². The van der Waals surface area contributed by atoms with Crippen molar-refractivity contribution in [1.82, 2.24) is 0 Å². The van der Waals surface area contributed by atoms with Gasteiger partial charge in [0.05, 0.1) is 0 Å². The first-order valence-corrected chi connectivity index (χ1v) is 5.78. The van der Waals surface area contributed by atoms with Crippen LogP contribution >= 0.6 is 0 Å². The van der Waals surface area contributed by atoms with Gasteiger partial charge >= 0.3 is 0 Å². The topological polar surface area (TPSA) is 3.24 Å². The van der Waals surface area contributed by atoms with E-state index >= 15 is 0 Å². The molecule has 2 rings (SSSR count). The zero-order valence-electron chi connectivity index (χ0n) is 9.50. The Kier molecular flexibility index (Phi) is 3.10. The van der Waals surface area contributed by atoms with Crippen LogP contribution in [0.3, 0.4) is 0 Å². The number of rotatable bonds is 2. The molecule has 1 aromatic rings. The van der Waals surface area contributed by atoms with Gasteiger partial charge in [-0.05, 0) is 43.9 Å². The third kappa shape index (κ3) is 2.41. The van der Waals surface area contributed by atoms with Crippen molar-refractivity contribution in [1.29, 1.82) is 0 Å². The fourth-order valence-corrected chi connectivity index (χ4v) is 2.11. The fourth-order valence-electron chi connectivity index (χ4n) is 2.11. The monoisotopic (exact) mass is 201 g/mol. The lowest BCUT2D eigenvalue weighted by Crippen LogP contribution is -2.29. The van der Waals surface area contributed by atoms with Crippen molar-refractivity contribution in [3.05, 3.63) is 36.4 Å². The molecule has 0 saturated carbocycles. The summed E-state index contributed by atoms with van der Waals surface area (Å²) in [6.07, 6.45) is 4.06. The molecule has 0 N–H and O–H groups in total. The number of hydrogen-bond donors (Lipinski definition) is 0. The molecule has 0 unspecified atom stereocenters. The second kappa shape index (κ2) is 4.52. The molecular formula is C14H19N. The van der Waals surface area contributed by atoms with Crippen LogP contribution in [0.1, 0.15) is 31.7 Å². The molecule has 0 radical (unpaired) electrons. The van der Waals surface area contributed by atoms with Gasteiger partial charge in [0.25, 0.3) is 0 Å². The molecule has 0 aliphatic carbocycles. The van der Waals surface area contributed by atoms with E-state index in [0.29, 0.717) is 0 Å². The van der Waals surface area contributed by atoms with Crippen LogP contribution in [0.4, 0.5) is 5.69 Å². The van der Waals surface area contributed by atoms with Gasteiger partial charge in [-0.1, -0.05) is 24.3 Å². The second-order valence-electron chi connectivity index (χ2n) is 4.37. The molecule has 0 amide bonds. The normalized spacial score (nSPS) is 16.5. The minimum atomic E-state index is 1.14. The SMILES string of the molecule is C=C(C)c1ccc(N2CCCCC2)cc1. The van der Waals surface area contributed by atoms with Gasteiger partial charge in [0.2, 0.25) is 0 Å². The Hall–Kier alpha value is -1.24. The third-order valence-corrected chi connectivity index (χ3v) is 3.08. The van der Waals surface area contributed by atoms with Crippen molar-refractivity contribution in [3.8, 4) is 0 Å². The first-order chi connectivity index (χ1) is 7.27. The minimum Gasteiger partial charge on any atom is -0.372 e. The van der Waals surface area contributed by atoms with Gasteiger partial charge in [-0.15, -0.1) is 0 Å². The largest absolute Gasteiger partial charge is 0.372 e. The Morgan fingerprint density at radius 2 is 1.67 bits per heavy atom. The number of piperidine rings is 1. The lowest BCUT2D eigenvalue weighted by atomic mass is 10.1. The quantitative estimate of drug-likeness (QED) is 0.705. The summed E-state index contributed by atoms with van der Waals surface area (Å²) in [5.74, 6) is 0. The van der Waals surface area contributed by atoms with E-state index in [1.54, 1.807) is 0 Å². The average Bonchev–Trinajstić information content (AvgIpc) is 2.30. The maximum absolute atomic E-state index is 3.95. The molecule has 1 aliphatic rings. The van der Waals surface area contributed by atoms with Gasteiger partial charge in [-0.3, -0.25) is 0 Å². The van der Waals surface area contributed by atoms with E-state index in [2.05, 4.69) is 42.7 Å². The summed E-state index contributed by atoms with van der Waals surface area (Å²) in [6.45, 7) is 8.43. The van der Waals surface area contributed by atoms with Crippen molar-refractivity contribution >= 4 is 11.3 Å². The van der Waals surface area contributed by atoms with E-state index < -0.39 is 0 Å². The van der Waals surface area contributed by atoms with Crippen molar-refractivity contribution in [2.24, 2.45) is 0 Å². The first kappa shape index (κ1) is 10.3. The van der Waals surface area contributed by atoms with Crippen LogP contribution < -0.4 is 4.90 Å². The summed E-state index contributed by atoms with van der Waals surface area (Å²) in [5, 5.41) is 0. The lowest BCUT2D eigenvalue weighted by molar-refractivity contribution is 0.578. The van der Waals surface area contributed by atoms with E-state index in [9.17, 15) is 0 Å². The van der Waals surface area contributed by atoms with Crippen LogP contribution in [0, 0.1) is 0 Å². The Bertz CT molecular complexity index is 331. The molecule has 1 fully saturated rings. The van der Waals surface area contributed by atoms with Gasteiger partial charge in [0.1, 0.15) is 0 Å². The number of hydrogen-bond acceptors (Lipinski definition) is 1. The predicted octanol–water partition coefficient (Wildman–Crippen LogP) is 3.71. The van der Waals surface area contributed by atoms with Gasteiger partial charge in [-0.25, -0.2) is 0 Å². The highest BCUT2D eigenvalue weighted by Gasteiger charge is 2.10. The Morgan fingerprint density at radius 3 is 2.20 bits per heavy atom. The maximum atomic E-state index is 3.95. The van der Waals surface area contributed by atoms with Gasteiger partial charge < -0.3 is 4.90 Å². The summed E-state index contributed by atoms with van der Waals surface area (Å²) in [5.41, 5.74) is 3.75. The van der Waals surface area contributed by atoms with E-state index in [1.165, 1.54) is 43.6 Å². The average molecular weight is 201 g/mol. The van der Waals surface area contributed by atoms with Crippen LogP contribution in [0.2, 0.25) is 0 Å². The molecular weight excluding hydrogens is 182 g/mol. The number of allylic oxidation sites excluding steroid dienone is 1. The second-order valence-corrected chi connectivity index (χ2v) is 4.37. The summed E-state index contributed by atoms with van der Waals surface area (Å²) < 4.78 is 0. The van der Waals surface area contributed by atoms with Crippen LogP contribution in [0.5, 0.6) is 0 Å². The number of nitrogens with zero attached hydrogens (tertiary/aromatic N) is 1. The van der Waals surface area contributed by atoms with E-state index in [-0.39, 0.29) is 0 Å². The molecule has 1 saturated heterocycles. The standard InChI is InChI=1S/C14H19N/c1-12(2)13-6-8-14(9-7-13)15-10-4-3-5-11-15/h6-9H,1,3-5,10-11H2,2H3. The lowest BCUT2D eigenvalue weighted by Gasteiger charge is -2.28. The number of anilines is 1. The van der Waals surface area contributed by atoms with Crippen molar-refractivity contribution in [2.75, 3.05) is 18.0 Å². The molecule has 0 spiro atoms. The predicted molar refractivity (Wildman–Crippen MR) is 67.2 cm³/mol. The van der Waals surface area contributed by atoms with Crippen molar-refractivity contribution < 1.29 is 0 Å². The zero-order valence-corrected chi connectivity index (χ0v) is 9.50. The molecule has 1 aromatic carbocycles. The molecule has 15 heavy (non-hydrogen) atoms. The Morgan fingerprint density at radius 1 is 1.07 bits per heavy atom. The Labute approximate surface area is 92.4 Å². The molecule has 1 aliphatic heterocycles. The van der Waals surface area contributed by atoms with Crippen LogP contribution in [-0.2, 0) is 0 Å². The molecule has 0 bridgehead atoms. The van der Waals surface area contributed by atoms with Crippen molar-refractivity contribution in [3.63, 3.8) is 0 Å². The molecule has 0 atom stereocenters. The molecule has 1 heteroatoms. The molecule has 1 heterocycles. The maximum Gasteiger partial charge on any atom is 0.0366 e. The van der Waals surface area contributed by atoms with E-state index in [0.717, 1.165) is 5.57 Å². The zero-order chi connectivity index (χ0) is 10.7. The fraction of sp³-hybridized carbons (Fsp3) is 0.429. The first-order valence-electron chi connectivity index (χ1n) is 5.78. The molecule has 0 aromatic heterocycles. The summed E-state index contributed by atoms with van der Waals surface area (Å²) in [7, 11) is 0. The van der Waals surface area contributed by atoms with Crippen molar-refractivity contribution in [2.45, 2.75) is 26.2 Å².